The van der Waals surface area contributed by atoms with Crippen molar-refractivity contribution in [2.45, 2.75) is 39.2 Å². The Morgan fingerprint density at radius 3 is 2.12 bits per heavy atom. The number of rotatable bonds is 6. The zero-order valence-electron chi connectivity index (χ0n) is 18.9. The van der Waals surface area contributed by atoms with Gasteiger partial charge in [-0.2, -0.15) is 0 Å². The molecule has 0 heterocycles. The Balaban J connectivity index is 1.63. The summed E-state index contributed by atoms with van der Waals surface area (Å²) >= 11 is 12.0. The van der Waals surface area contributed by atoms with Crippen LogP contribution in [-0.4, -0.2) is 17.9 Å². The van der Waals surface area contributed by atoms with Gasteiger partial charge in [-0.3, -0.25) is 9.59 Å². The van der Waals surface area contributed by atoms with Gasteiger partial charge in [0.1, 0.15) is 5.75 Å². The number of anilines is 2. The van der Waals surface area contributed by atoms with Crippen molar-refractivity contribution in [2.24, 2.45) is 0 Å². The number of carbonyl (C=O) groups excluding carboxylic acids is 2. The maximum absolute atomic E-state index is 12.6. The van der Waals surface area contributed by atoms with Crippen LogP contribution in [0.3, 0.4) is 0 Å². The first-order chi connectivity index (χ1) is 15.5. The maximum Gasteiger partial charge on any atom is 0.265 e. The minimum Gasteiger partial charge on any atom is -0.479 e. The second kappa shape index (κ2) is 10.3. The molecule has 0 aromatic heterocycles. The van der Waals surface area contributed by atoms with Crippen molar-refractivity contribution in [1.29, 1.82) is 0 Å². The van der Waals surface area contributed by atoms with E-state index in [0.717, 1.165) is 5.56 Å². The fourth-order valence-corrected chi connectivity index (χ4v) is 3.51. The number of ether oxygens (including phenoxy) is 1. The van der Waals surface area contributed by atoms with Crippen LogP contribution in [0.25, 0.3) is 0 Å². The van der Waals surface area contributed by atoms with Crippen molar-refractivity contribution in [3.8, 4) is 5.75 Å². The van der Waals surface area contributed by atoms with Crippen molar-refractivity contribution < 1.29 is 14.3 Å². The molecular weight excluding hydrogens is 459 g/mol. The summed E-state index contributed by atoms with van der Waals surface area (Å²) in [6.07, 6.45) is -0.803. The topological polar surface area (TPSA) is 67.4 Å². The quantitative estimate of drug-likeness (QED) is 0.397. The fraction of sp³-hybridized carbons (Fsp3) is 0.231. The number of hydrogen-bond donors (Lipinski definition) is 2. The third-order valence-corrected chi connectivity index (χ3v) is 5.50. The molecule has 2 N–H and O–H groups in total. The van der Waals surface area contributed by atoms with Gasteiger partial charge >= 0.3 is 0 Å². The molecule has 0 saturated carbocycles. The normalized spacial score (nSPS) is 12.1. The molecule has 33 heavy (non-hydrogen) atoms. The highest BCUT2D eigenvalue weighted by Crippen LogP contribution is 2.28. The van der Waals surface area contributed by atoms with Crippen LogP contribution in [0.15, 0.2) is 66.7 Å². The van der Waals surface area contributed by atoms with Crippen molar-refractivity contribution in [3.63, 3.8) is 0 Å². The lowest BCUT2D eigenvalue weighted by molar-refractivity contribution is -0.122. The number of carbonyl (C=O) groups is 2. The Morgan fingerprint density at radius 1 is 0.879 bits per heavy atom. The molecule has 3 rings (SSSR count). The van der Waals surface area contributed by atoms with Gasteiger partial charge in [0.05, 0.1) is 5.02 Å². The zero-order valence-corrected chi connectivity index (χ0v) is 20.4. The SMILES string of the molecule is C[C@H](Oc1ccc(Cl)cc1Cl)C(=O)Nc1cccc(NC(=O)c2ccc(C(C)(C)C)cc2)c1. The van der Waals surface area contributed by atoms with Crippen LogP contribution < -0.4 is 15.4 Å². The van der Waals surface area contributed by atoms with Crippen LogP contribution in [0, 0.1) is 0 Å². The summed E-state index contributed by atoms with van der Waals surface area (Å²) in [7, 11) is 0. The predicted molar refractivity (Wildman–Crippen MR) is 135 cm³/mol. The van der Waals surface area contributed by atoms with E-state index in [2.05, 4.69) is 31.4 Å². The van der Waals surface area contributed by atoms with E-state index in [1.165, 1.54) is 0 Å². The second-order valence-electron chi connectivity index (χ2n) is 8.69. The molecule has 0 unspecified atom stereocenters. The van der Waals surface area contributed by atoms with Gasteiger partial charge in [-0.05, 0) is 66.4 Å². The first-order valence-corrected chi connectivity index (χ1v) is 11.2. The summed E-state index contributed by atoms with van der Waals surface area (Å²) in [5, 5.41) is 6.45. The van der Waals surface area contributed by atoms with Gasteiger partial charge < -0.3 is 15.4 Å². The van der Waals surface area contributed by atoms with E-state index in [0.29, 0.717) is 32.7 Å². The van der Waals surface area contributed by atoms with E-state index in [9.17, 15) is 9.59 Å². The monoisotopic (exact) mass is 484 g/mol. The third kappa shape index (κ3) is 6.73. The van der Waals surface area contributed by atoms with Crippen LogP contribution in [0.1, 0.15) is 43.6 Å². The maximum atomic E-state index is 12.6. The highest BCUT2D eigenvalue weighted by molar-refractivity contribution is 6.35. The summed E-state index contributed by atoms with van der Waals surface area (Å²) in [6.45, 7) is 7.99. The van der Waals surface area contributed by atoms with E-state index in [-0.39, 0.29) is 17.2 Å². The minimum atomic E-state index is -0.803. The van der Waals surface area contributed by atoms with E-state index < -0.39 is 6.10 Å². The average Bonchev–Trinajstić information content (AvgIpc) is 2.75. The third-order valence-electron chi connectivity index (χ3n) is 4.97. The zero-order chi connectivity index (χ0) is 24.2. The van der Waals surface area contributed by atoms with Gasteiger partial charge in [-0.25, -0.2) is 0 Å². The molecular formula is C26H26Cl2N2O3. The Labute approximate surface area is 204 Å². The predicted octanol–water partition coefficient (Wildman–Crippen LogP) is 6.95. The molecule has 3 aromatic rings. The van der Waals surface area contributed by atoms with E-state index in [4.69, 9.17) is 27.9 Å². The molecule has 1 atom stereocenters. The van der Waals surface area contributed by atoms with Gasteiger partial charge in [-0.1, -0.05) is 62.2 Å². The number of hydrogen-bond acceptors (Lipinski definition) is 3. The van der Waals surface area contributed by atoms with Crippen LogP contribution in [-0.2, 0) is 10.2 Å². The number of amides is 2. The molecule has 0 bridgehead atoms. The summed E-state index contributed by atoms with van der Waals surface area (Å²) in [5.74, 6) is -0.225. The Hall–Kier alpha value is -3.02. The summed E-state index contributed by atoms with van der Waals surface area (Å²) in [6, 6.07) is 19.2. The molecule has 0 aliphatic carbocycles. The smallest absolute Gasteiger partial charge is 0.265 e. The Kier molecular flexibility index (Phi) is 7.67. The largest absolute Gasteiger partial charge is 0.479 e. The lowest BCUT2D eigenvalue weighted by Gasteiger charge is -2.19. The minimum absolute atomic E-state index is 0.0152. The summed E-state index contributed by atoms with van der Waals surface area (Å²) < 4.78 is 5.65. The molecule has 0 saturated heterocycles. The molecule has 5 nitrogen and oxygen atoms in total. The van der Waals surface area contributed by atoms with Crippen LogP contribution >= 0.6 is 23.2 Å². The van der Waals surface area contributed by atoms with Crippen LogP contribution in [0.5, 0.6) is 5.75 Å². The molecule has 172 valence electrons. The first-order valence-electron chi connectivity index (χ1n) is 10.5. The molecule has 0 spiro atoms. The molecule has 2 amide bonds. The number of nitrogens with one attached hydrogen (secondary N) is 2. The number of halogens is 2. The standard InChI is InChI=1S/C26H26Cl2N2O3/c1-16(33-23-13-12-19(27)14-22(23)28)24(31)29-20-6-5-7-21(15-20)30-25(32)17-8-10-18(11-9-17)26(2,3)4/h5-16H,1-4H3,(H,29,31)(H,30,32)/t16-/m0/s1. The summed E-state index contributed by atoms with van der Waals surface area (Å²) in [5.41, 5.74) is 2.81. The van der Waals surface area contributed by atoms with Crippen molar-refractivity contribution >= 4 is 46.4 Å². The molecule has 7 heteroatoms. The molecule has 0 aliphatic rings. The van der Waals surface area contributed by atoms with Crippen molar-refractivity contribution in [2.75, 3.05) is 10.6 Å². The van der Waals surface area contributed by atoms with E-state index in [1.807, 2.05) is 24.3 Å². The van der Waals surface area contributed by atoms with Gasteiger partial charge in [-0.15, -0.1) is 0 Å². The summed E-state index contributed by atoms with van der Waals surface area (Å²) in [4.78, 5) is 25.2. The molecule has 0 radical (unpaired) electrons. The molecule has 0 fully saturated rings. The van der Waals surface area contributed by atoms with Crippen molar-refractivity contribution in [1.82, 2.24) is 0 Å². The lowest BCUT2D eigenvalue weighted by Crippen LogP contribution is -2.30. The van der Waals surface area contributed by atoms with E-state index >= 15 is 0 Å². The van der Waals surface area contributed by atoms with E-state index in [1.54, 1.807) is 49.4 Å². The van der Waals surface area contributed by atoms with Gasteiger partial charge in [0, 0.05) is 22.0 Å². The second-order valence-corrected chi connectivity index (χ2v) is 9.53. The van der Waals surface area contributed by atoms with Gasteiger partial charge in [0.2, 0.25) is 0 Å². The average molecular weight is 485 g/mol. The lowest BCUT2D eigenvalue weighted by atomic mass is 9.87. The highest BCUT2D eigenvalue weighted by Gasteiger charge is 2.17. The Bertz CT molecular complexity index is 1150. The van der Waals surface area contributed by atoms with Crippen LogP contribution in [0.2, 0.25) is 10.0 Å². The first kappa shape index (κ1) is 24.6. The van der Waals surface area contributed by atoms with Crippen molar-refractivity contribution in [3.05, 3.63) is 87.9 Å². The highest BCUT2D eigenvalue weighted by atomic mass is 35.5. The molecule has 3 aromatic carbocycles. The van der Waals surface area contributed by atoms with Crippen LogP contribution in [0.4, 0.5) is 11.4 Å². The fourth-order valence-electron chi connectivity index (χ4n) is 3.06. The molecule has 0 aliphatic heterocycles. The van der Waals surface area contributed by atoms with Gasteiger partial charge in [0.15, 0.2) is 6.10 Å². The van der Waals surface area contributed by atoms with Gasteiger partial charge in [0.25, 0.3) is 11.8 Å². The Morgan fingerprint density at radius 2 is 1.52 bits per heavy atom. The number of benzene rings is 3.